The van der Waals surface area contributed by atoms with E-state index in [1.54, 1.807) is 38.5 Å². The maximum atomic E-state index is 8.63. The van der Waals surface area contributed by atoms with E-state index >= 15 is 0 Å². The molecule has 1 aromatic carbocycles. The molecular formula is C10H16O4. The zero-order valence-electron chi connectivity index (χ0n) is 8.47. The highest BCUT2D eigenvalue weighted by molar-refractivity contribution is 5.18. The van der Waals surface area contributed by atoms with Crippen LogP contribution in [0.2, 0.25) is 0 Å². The molecule has 0 amide bonds. The number of aromatic hydroxyl groups is 1. The number of phenols is 1. The Bertz CT molecular complexity index is 197. The van der Waals surface area contributed by atoms with Crippen molar-refractivity contribution in [1.29, 1.82) is 0 Å². The van der Waals surface area contributed by atoms with Gasteiger partial charge in [-0.15, -0.1) is 0 Å². The molecule has 4 heteroatoms. The van der Waals surface area contributed by atoms with Gasteiger partial charge >= 0.3 is 0 Å². The lowest BCUT2D eigenvalue weighted by Crippen LogP contribution is -1.98. The van der Waals surface area contributed by atoms with Gasteiger partial charge in [-0.2, -0.15) is 0 Å². The van der Waals surface area contributed by atoms with E-state index < -0.39 is 0 Å². The molecule has 0 aliphatic rings. The molecule has 0 heterocycles. The summed E-state index contributed by atoms with van der Waals surface area (Å²) in [7, 11) is 3.13. The molecule has 4 nitrogen and oxygen atoms in total. The summed E-state index contributed by atoms with van der Waals surface area (Å²) < 4.78 is 13.8. The molecule has 1 rings (SSSR count). The number of benzene rings is 1. The number of phenolic OH excluding ortho intramolecular Hbond substituents is 1. The molecule has 0 spiro atoms. The first-order valence-electron chi connectivity index (χ1n) is 4.11. The van der Waals surface area contributed by atoms with Gasteiger partial charge in [0.2, 0.25) is 0 Å². The molecule has 0 unspecified atom stereocenters. The van der Waals surface area contributed by atoms with Crippen LogP contribution in [0.3, 0.4) is 0 Å². The molecule has 0 fully saturated rings. The third kappa shape index (κ3) is 8.99. The lowest BCUT2D eigenvalue weighted by molar-refractivity contribution is -0.107. The minimum atomic E-state index is 0.299. The van der Waals surface area contributed by atoms with Crippen molar-refractivity contribution in [3.05, 3.63) is 30.3 Å². The summed E-state index contributed by atoms with van der Waals surface area (Å²) in [6, 6.07) is 8.71. The van der Waals surface area contributed by atoms with Crippen LogP contribution in [0.1, 0.15) is 0 Å². The van der Waals surface area contributed by atoms with Crippen LogP contribution in [0.4, 0.5) is 0 Å². The van der Waals surface area contributed by atoms with Crippen LogP contribution in [0.25, 0.3) is 0 Å². The quantitative estimate of drug-likeness (QED) is 0.592. The molecule has 0 aromatic heterocycles. The Morgan fingerprint density at radius 1 is 1.00 bits per heavy atom. The molecule has 0 atom stereocenters. The Hall–Kier alpha value is -1.10. The molecular weight excluding hydrogens is 184 g/mol. The second-order valence-electron chi connectivity index (χ2n) is 2.35. The van der Waals surface area contributed by atoms with Crippen molar-refractivity contribution >= 4 is 0 Å². The molecule has 80 valence electrons. The second kappa shape index (κ2) is 9.98. The van der Waals surface area contributed by atoms with E-state index in [1.807, 2.05) is 6.07 Å². The summed E-state index contributed by atoms with van der Waals surface area (Å²) >= 11 is 0. The predicted molar refractivity (Wildman–Crippen MR) is 52.9 cm³/mol. The van der Waals surface area contributed by atoms with Gasteiger partial charge in [0.15, 0.2) is 0 Å². The third-order valence-electron chi connectivity index (χ3n) is 1.16. The van der Waals surface area contributed by atoms with Crippen molar-refractivity contribution in [3.8, 4) is 5.75 Å². The van der Waals surface area contributed by atoms with Crippen LogP contribution < -0.4 is 0 Å². The minimum Gasteiger partial charge on any atom is -0.508 e. The number of hydrogen-bond donors (Lipinski definition) is 1. The van der Waals surface area contributed by atoms with Gasteiger partial charge in [0.1, 0.15) is 19.3 Å². The van der Waals surface area contributed by atoms with Gasteiger partial charge in [-0.1, -0.05) is 18.2 Å². The molecule has 0 aliphatic carbocycles. The van der Waals surface area contributed by atoms with Gasteiger partial charge in [-0.3, -0.25) is 0 Å². The summed E-state index contributed by atoms with van der Waals surface area (Å²) in [5, 5.41) is 8.63. The number of para-hydroxylation sites is 1. The smallest absolute Gasteiger partial charge is 0.149 e. The van der Waals surface area contributed by atoms with Crippen molar-refractivity contribution in [2.45, 2.75) is 0 Å². The summed E-state index contributed by atoms with van der Waals surface area (Å²) in [4.78, 5) is 0. The van der Waals surface area contributed by atoms with E-state index in [-0.39, 0.29) is 0 Å². The summed E-state index contributed by atoms with van der Waals surface area (Å²) in [5.74, 6) is 0.322. The number of hydrogen-bond acceptors (Lipinski definition) is 4. The maximum absolute atomic E-state index is 8.63. The van der Waals surface area contributed by atoms with E-state index in [1.165, 1.54) is 0 Å². The SMILES string of the molecule is COCOCOC.Oc1ccccc1. The predicted octanol–water partition coefficient (Wildman–Crippen LogP) is 1.60. The van der Waals surface area contributed by atoms with Crippen LogP contribution in [0.5, 0.6) is 5.75 Å². The van der Waals surface area contributed by atoms with Gasteiger partial charge in [0, 0.05) is 14.2 Å². The van der Waals surface area contributed by atoms with E-state index in [4.69, 9.17) is 5.11 Å². The van der Waals surface area contributed by atoms with Crippen molar-refractivity contribution in [3.63, 3.8) is 0 Å². The molecule has 0 radical (unpaired) electrons. The Morgan fingerprint density at radius 2 is 1.50 bits per heavy atom. The average molecular weight is 200 g/mol. The summed E-state index contributed by atoms with van der Waals surface area (Å²) in [6.45, 7) is 0.599. The summed E-state index contributed by atoms with van der Waals surface area (Å²) in [6.07, 6.45) is 0. The Labute approximate surface area is 84.0 Å². The van der Waals surface area contributed by atoms with Crippen LogP contribution in [-0.2, 0) is 14.2 Å². The zero-order valence-corrected chi connectivity index (χ0v) is 8.47. The first kappa shape index (κ1) is 12.9. The van der Waals surface area contributed by atoms with Gasteiger partial charge in [-0.05, 0) is 12.1 Å². The molecule has 0 aliphatic heterocycles. The van der Waals surface area contributed by atoms with Gasteiger partial charge < -0.3 is 19.3 Å². The molecule has 0 saturated heterocycles. The fraction of sp³-hybridized carbons (Fsp3) is 0.400. The Balaban J connectivity index is 0.000000241. The van der Waals surface area contributed by atoms with Gasteiger partial charge in [0.05, 0.1) is 0 Å². The van der Waals surface area contributed by atoms with E-state index in [2.05, 4.69) is 14.2 Å². The monoisotopic (exact) mass is 200 g/mol. The molecule has 1 N–H and O–H groups in total. The molecule has 1 aromatic rings. The molecule has 14 heavy (non-hydrogen) atoms. The van der Waals surface area contributed by atoms with Crippen molar-refractivity contribution in [2.24, 2.45) is 0 Å². The standard InChI is InChI=1S/C6H6O.C4H10O3/c7-6-4-2-1-3-5-6;1-5-3-7-4-6-2/h1-5,7H;3-4H2,1-2H3. The van der Waals surface area contributed by atoms with Crippen LogP contribution in [-0.4, -0.2) is 32.9 Å². The topological polar surface area (TPSA) is 47.9 Å². The highest BCUT2D eigenvalue weighted by atomic mass is 16.7. The van der Waals surface area contributed by atoms with E-state index in [0.717, 1.165) is 0 Å². The number of methoxy groups -OCH3 is 2. The lowest BCUT2D eigenvalue weighted by Gasteiger charge is -1.97. The van der Waals surface area contributed by atoms with Gasteiger partial charge in [-0.25, -0.2) is 0 Å². The summed E-state index contributed by atoms with van der Waals surface area (Å²) in [5.41, 5.74) is 0. The highest BCUT2D eigenvalue weighted by Crippen LogP contribution is 2.02. The Kier molecular flexibility index (Phi) is 9.20. The third-order valence-corrected chi connectivity index (χ3v) is 1.16. The number of ether oxygens (including phenoxy) is 3. The van der Waals surface area contributed by atoms with Crippen molar-refractivity contribution < 1.29 is 19.3 Å². The van der Waals surface area contributed by atoms with Crippen molar-refractivity contribution in [1.82, 2.24) is 0 Å². The fourth-order valence-electron chi connectivity index (χ4n) is 0.629. The highest BCUT2D eigenvalue weighted by Gasteiger charge is 1.76. The van der Waals surface area contributed by atoms with E-state index in [0.29, 0.717) is 19.3 Å². The average Bonchev–Trinajstić information content (AvgIpc) is 2.21. The second-order valence-corrected chi connectivity index (χ2v) is 2.35. The molecule has 0 bridgehead atoms. The van der Waals surface area contributed by atoms with Crippen LogP contribution in [0, 0.1) is 0 Å². The minimum absolute atomic E-state index is 0.299. The largest absolute Gasteiger partial charge is 0.508 e. The Morgan fingerprint density at radius 3 is 1.79 bits per heavy atom. The van der Waals surface area contributed by atoms with E-state index in [9.17, 15) is 0 Å². The first-order valence-corrected chi connectivity index (χ1v) is 4.11. The van der Waals surface area contributed by atoms with Gasteiger partial charge in [0.25, 0.3) is 0 Å². The maximum Gasteiger partial charge on any atom is 0.149 e. The number of rotatable bonds is 4. The lowest BCUT2D eigenvalue weighted by atomic mass is 10.3. The van der Waals surface area contributed by atoms with Crippen LogP contribution >= 0.6 is 0 Å². The first-order chi connectivity index (χ1) is 6.81. The van der Waals surface area contributed by atoms with Crippen LogP contribution in [0.15, 0.2) is 30.3 Å². The fourth-order valence-corrected chi connectivity index (χ4v) is 0.629. The molecule has 0 saturated carbocycles. The van der Waals surface area contributed by atoms with Crippen molar-refractivity contribution in [2.75, 3.05) is 27.8 Å². The normalized spacial score (nSPS) is 9.00. The zero-order chi connectivity index (χ0) is 10.6.